The number of carbonyl (C=O) groups excluding carboxylic acids is 8. The molecule has 0 atom stereocenters. The molecule has 15 aromatic rings. The summed E-state index contributed by atoms with van der Waals surface area (Å²) in [5, 5.41) is 10.9. The normalized spacial score (nSPS) is 11.7. The van der Waals surface area contributed by atoms with Crippen molar-refractivity contribution in [2.75, 3.05) is 0 Å². The maximum Gasteiger partial charge on any atom is 0.373 e. The quantitative estimate of drug-likeness (QED) is 0.0785. The zero-order valence-corrected chi connectivity index (χ0v) is 66.8. The largest absolute Gasteiger partial charge is 0.445 e. The van der Waals surface area contributed by atoms with E-state index >= 15 is 0 Å². The fourth-order valence-electron chi connectivity index (χ4n) is 11.6. The van der Waals surface area contributed by atoms with Crippen LogP contribution >= 0.6 is 0 Å². The molecule has 42 nitrogen and oxygen atoms in total. The van der Waals surface area contributed by atoms with E-state index < -0.39 is 23.6 Å². The van der Waals surface area contributed by atoms with Crippen molar-refractivity contribution in [1.82, 2.24) is 96.0 Å². The third-order valence-corrected chi connectivity index (χ3v) is 17.6. The summed E-state index contributed by atoms with van der Waals surface area (Å²) in [5.41, 5.74) is 5.60. The van der Waals surface area contributed by atoms with Gasteiger partial charge >= 0.3 is 12.3 Å². The van der Waals surface area contributed by atoms with E-state index in [0.717, 1.165) is 11.4 Å². The predicted molar refractivity (Wildman–Crippen MR) is 392 cm³/mol. The van der Waals surface area contributed by atoms with Crippen LogP contribution in [-0.2, 0) is 58.2 Å². The summed E-state index contributed by atoms with van der Waals surface area (Å²) in [7, 11) is 0. The average Bonchev–Trinajstić information content (AvgIpc) is 1.63. The van der Waals surface area contributed by atoms with Gasteiger partial charge < -0.3 is 87.5 Å². The molecule has 0 radical (unpaired) electrons. The average molecular weight is 1620 g/mol. The molecular weight excluding hydrogens is 1550 g/mol. The molecule has 42 heteroatoms. The van der Waals surface area contributed by atoms with Gasteiger partial charge in [-0.1, -0.05) is 13.8 Å². The molecule has 16 heterocycles. The number of aryl methyl sites for hydroxylation is 19. The monoisotopic (exact) mass is 1620 g/mol. The van der Waals surface area contributed by atoms with Crippen molar-refractivity contribution in [1.29, 1.82) is 0 Å². The number of rotatable bonds is 14. The van der Waals surface area contributed by atoms with Crippen molar-refractivity contribution >= 4 is 35.9 Å². The van der Waals surface area contributed by atoms with Crippen LogP contribution in [0.5, 0.6) is 0 Å². The van der Waals surface area contributed by atoms with Crippen LogP contribution in [0.2, 0.25) is 0 Å². The van der Waals surface area contributed by atoms with Crippen LogP contribution < -0.4 is 21.3 Å². The summed E-state index contributed by atoms with van der Waals surface area (Å²) in [6.07, 6.45) is 1.81. The summed E-state index contributed by atoms with van der Waals surface area (Å²) < 4.78 is 85.9. The Labute approximate surface area is 664 Å². The molecule has 118 heavy (non-hydrogen) atoms. The number of nitrogens with zero attached hydrogens (tertiary/aromatic N) is 15. The summed E-state index contributed by atoms with van der Waals surface area (Å²) in [6.45, 7) is 33.6. The number of oxazole rings is 15. The van der Waals surface area contributed by atoms with Crippen LogP contribution in [0.4, 0.5) is 0 Å². The van der Waals surface area contributed by atoms with Gasteiger partial charge in [0.25, 0.3) is 23.6 Å². The number of hydrogen-bond acceptors (Lipinski definition) is 38. The number of aromatic nitrogens is 15. The SMILES string of the molecule is CCc1nc(-c2nc(-c3nc(-c4nc(C(=O)NCc5nc(C)c(C)o5)c(C)o4)c(C)o3)c(C)o2)c(C)o1.CCc1nc(-c2nc(-c3nc(-c4nc(C(=O)NCc5nc(C)c(C)o5)c(C)o4)c(C)o3)c(C)o2)c(C)o1.Cc1oc2nc1C(=O)NCc1nc(c(C)o1)-c1nc(c(C)o1)-c1nc(c(C)o1)-c1nc(c(C)o1)C(=O)NC2.O=C=O.O=C=O. The van der Waals surface area contributed by atoms with Gasteiger partial charge in [0.1, 0.15) is 86.4 Å². The predicted octanol–water partition coefficient (Wildman–Crippen LogP) is 12.1. The first kappa shape index (κ1) is 82.3. The van der Waals surface area contributed by atoms with Crippen LogP contribution in [0, 0.1) is 118 Å². The van der Waals surface area contributed by atoms with Crippen molar-refractivity contribution in [2.24, 2.45) is 0 Å². The van der Waals surface area contributed by atoms with Crippen molar-refractivity contribution in [3.8, 4) is 104 Å². The molecule has 0 saturated heterocycles. The van der Waals surface area contributed by atoms with E-state index in [1.807, 2.05) is 41.5 Å². The van der Waals surface area contributed by atoms with E-state index in [0.29, 0.717) is 174 Å². The van der Waals surface area contributed by atoms with Gasteiger partial charge in [0.15, 0.2) is 85.8 Å². The fraction of sp³-hybridized carbons (Fsp3) is 0.329. The summed E-state index contributed by atoms with van der Waals surface area (Å²) >= 11 is 0. The van der Waals surface area contributed by atoms with Crippen LogP contribution in [0.3, 0.4) is 0 Å². The molecular formula is C76H73N19O23. The molecule has 0 aromatic carbocycles. The number of carbonyl (C=O) groups is 4. The lowest BCUT2D eigenvalue weighted by Crippen LogP contribution is -2.25. The molecule has 10 bridgehead atoms. The van der Waals surface area contributed by atoms with Crippen molar-refractivity contribution < 1.29 is 105 Å². The van der Waals surface area contributed by atoms with E-state index in [9.17, 15) is 19.2 Å². The first-order valence-corrected chi connectivity index (χ1v) is 35.9. The number of hydrogen-bond donors (Lipinski definition) is 4. The van der Waals surface area contributed by atoms with E-state index in [4.69, 9.17) is 85.4 Å². The molecule has 15 aromatic heterocycles. The summed E-state index contributed by atoms with van der Waals surface area (Å²) in [5.74, 6) is 9.53. The number of fused-ring (bicyclic) bond motifs is 13. The highest BCUT2D eigenvalue weighted by Gasteiger charge is 2.33. The van der Waals surface area contributed by atoms with E-state index in [1.165, 1.54) is 0 Å². The molecule has 16 rings (SSSR count). The molecule has 4 amide bonds. The lowest BCUT2D eigenvalue weighted by atomic mass is 10.3. The minimum atomic E-state index is -0.515. The molecule has 0 aliphatic carbocycles. The Morgan fingerprint density at radius 1 is 0.280 bits per heavy atom. The van der Waals surface area contributed by atoms with Gasteiger partial charge in [-0.05, 0) is 118 Å². The molecule has 0 spiro atoms. The van der Waals surface area contributed by atoms with Gasteiger partial charge in [0, 0.05) is 12.8 Å². The Bertz CT molecular complexity index is 6060. The minimum absolute atomic E-state index is 0.0135. The highest BCUT2D eigenvalue weighted by atomic mass is 16.4. The Balaban J connectivity index is 0.000000157. The first-order valence-electron chi connectivity index (χ1n) is 35.9. The van der Waals surface area contributed by atoms with Gasteiger partial charge in [-0.2, -0.15) is 19.2 Å². The van der Waals surface area contributed by atoms with E-state index in [1.54, 1.807) is 90.0 Å². The highest BCUT2D eigenvalue weighted by Crippen LogP contribution is 2.38. The molecule has 4 N–H and O–H groups in total. The zero-order valence-electron chi connectivity index (χ0n) is 66.8. The van der Waals surface area contributed by atoms with Crippen molar-refractivity contribution in [3.63, 3.8) is 0 Å². The molecule has 0 unspecified atom stereocenters. The Morgan fingerprint density at radius 3 is 0.788 bits per heavy atom. The standard InChI is InChI=1S/2C25H26N6O6.C24H21N7O7.2CO2/c2*1-8-16-28-19(13(5)34-16)23-30-21(15(7)36-23)25-31-20(14(6)37-25)24-29-18(12(4)35-24)22(32)26-9-17-27-10(2)11(3)33-17;1-8-15-20(32)25-7-14-28-17(10(3)35-14)22-30-19(12(5)37-22)24-31-18(11(4)38-24)23-29-16(9(2)36-23)21(33)26-6-13(27-15)34-8;2*2-1-3/h2*8-9H2,1-7H3,(H,26,32);6-7H2,1-5H3,(H,25,32)(H,26,33);;. The summed E-state index contributed by atoms with van der Waals surface area (Å²) in [4.78, 5) is 150. The maximum atomic E-state index is 12.8. The Morgan fingerprint density at radius 2 is 0.500 bits per heavy atom. The number of nitrogens with one attached hydrogen (secondary N) is 4. The first-order chi connectivity index (χ1) is 56.3. The summed E-state index contributed by atoms with van der Waals surface area (Å²) in [6, 6.07) is 0. The van der Waals surface area contributed by atoms with Gasteiger partial charge in [0.05, 0.1) is 37.6 Å². The van der Waals surface area contributed by atoms with Crippen molar-refractivity contribution in [2.45, 2.75) is 171 Å². The Kier molecular flexibility index (Phi) is 23.9. The second-order valence-corrected chi connectivity index (χ2v) is 26.0. The maximum absolute atomic E-state index is 12.8. The van der Waals surface area contributed by atoms with Gasteiger partial charge in [0.2, 0.25) is 76.6 Å². The van der Waals surface area contributed by atoms with Gasteiger partial charge in [-0.3, -0.25) is 19.2 Å². The fourth-order valence-corrected chi connectivity index (χ4v) is 11.6. The third-order valence-electron chi connectivity index (χ3n) is 17.6. The topological polar surface area (TPSA) is 575 Å². The lowest BCUT2D eigenvalue weighted by Gasteiger charge is -2.00. The third kappa shape index (κ3) is 17.3. The lowest BCUT2D eigenvalue weighted by molar-refractivity contribution is -0.193. The smallest absolute Gasteiger partial charge is 0.373 e. The van der Waals surface area contributed by atoms with Crippen LogP contribution in [0.25, 0.3) is 104 Å². The number of amides is 4. The zero-order chi connectivity index (χ0) is 85.0. The van der Waals surface area contributed by atoms with Gasteiger partial charge in [-0.25, -0.2) is 74.8 Å². The van der Waals surface area contributed by atoms with Crippen molar-refractivity contribution in [3.05, 3.63) is 156 Å². The molecule has 610 valence electrons. The molecule has 0 saturated carbocycles. The van der Waals surface area contributed by atoms with E-state index in [-0.39, 0.29) is 126 Å². The van der Waals surface area contributed by atoms with E-state index in [2.05, 4.69) is 96.0 Å². The molecule has 1 aliphatic heterocycles. The second-order valence-electron chi connectivity index (χ2n) is 26.0. The van der Waals surface area contributed by atoms with Gasteiger partial charge in [-0.15, -0.1) is 0 Å². The minimum Gasteiger partial charge on any atom is -0.445 e. The van der Waals surface area contributed by atoms with Crippen LogP contribution in [0.1, 0.15) is 189 Å². The second kappa shape index (κ2) is 34.2. The Hall–Kier alpha value is -15.2. The molecule has 1 aliphatic rings. The van der Waals surface area contributed by atoms with Crippen LogP contribution in [0.15, 0.2) is 66.3 Å². The highest BCUT2D eigenvalue weighted by molar-refractivity contribution is 5.95. The van der Waals surface area contributed by atoms with Crippen LogP contribution in [-0.4, -0.2) is 111 Å². The molecule has 0 fully saturated rings.